The number of amides is 2. The molecule has 0 heterocycles. The van der Waals surface area contributed by atoms with Crippen LogP contribution in [0.25, 0.3) is 6.08 Å². The summed E-state index contributed by atoms with van der Waals surface area (Å²) in [5, 5.41) is 5.73. The summed E-state index contributed by atoms with van der Waals surface area (Å²) in [4.78, 5) is 25.8. The lowest BCUT2D eigenvalue weighted by molar-refractivity contribution is -0.123. The molecule has 0 radical (unpaired) electrons. The van der Waals surface area contributed by atoms with E-state index in [0.717, 1.165) is 28.2 Å². The standard InChI is InChI=1S/C30H32N2O4/c1-35-26-15-11-24(12-16-26)19-21-31-29(33)28(10-6-9-23-7-4-3-5-8-23)30(34)32-22-20-25-13-17-27(36-2)18-14-25/h3-18H,19-22H2,1-2H3,(H,31,33)(H,32,34)/b9-6-. The van der Waals surface area contributed by atoms with Gasteiger partial charge in [-0.05, 0) is 59.9 Å². The Hall–Kier alpha value is -4.32. The van der Waals surface area contributed by atoms with Crippen LogP contribution in [0.5, 0.6) is 11.5 Å². The van der Waals surface area contributed by atoms with Gasteiger partial charge in [-0.2, -0.15) is 0 Å². The Morgan fingerprint density at radius 1 is 0.694 bits per heavy atom. The van der Waals surface area contributed by atoms with Crippen LogP contribution in [0.1, 0.15) is 16.7 Å². The van der Waals surface area contributed by atoms with Crippen LogP contribution in [0, 0.1) is 0 Å². The largest absolute Gasteiger partial charge is 0.497 e. The zero-order valence-corrected chi connectivity index (χ0v) is 20.7. The molecule has 0 unspecified atom stereocenters. The minimum Gasteiger partial charge on any atom is -0.497 e. The van der Waals surface area contributed by atoms with E-state index in [1.54, 1.807) is 26.4 Å². The van der Waals surface area contributed by atoms with Gasteiger partial charge in [0.25, 0.3) is 11.8 Å². The Balaban J connectivity index is 1.61. The van der Waals surface area contributed by atoms with Crippen molar-refractivity contribution in [3.8, 4) is 11.5 Å². The monoisotopic (exact) mass is 484 g/mol. The van der Waals surface area contributed by atoms with Crippen LogP contribution >= 0.6 is 0 Å². The van der Waals surface area contributed by atoms with Crippen LogP contribution in [0.4, 0.5) is 0 Å². The van der Waals surface area contributed by atoms with E-state index in [0.29, 0.717) is 25.9 Å². The molecule has 36 heavy (non-hydrogen) atoms. The molecule has 0 aliphatic carbocycles. The molecule has 0 spiro atoms. The predicted molar refractivity (Wildman–Crippen MR) is 143 cm³/mol. The second-order valence-electron chi connectivity index (χ2n) is 8.06. The van der Waals surface area contributed by atoms with Gasteiger partial charge in [0.1, 0.15) is 17.1 Å². The Bertz CT molecular complexity index is 1100. The maximum atomic E-state index is 12.9. The first-order valence-electron chi connectivity index (χ1n) is 11.8. The van der Waals surface area contributed by atoms with Gasteiger partial charge in [-0.25, -0.2) is 0 Å². The molecule has 6 nitrogen and oxygen atoms in total. The molecule has 0 aromatic heterocycles. The van der Waals surface area contributed by atoms with E-state index in [1.165, 1.54) is 0 Å². The number of benzene rings is 3. The van der Waals surface area contributed by atoms with Gasteiger partial charge in [0.2, 0.25) is 0 Å². The highest BCUT2D eigenvalue weighted by Gasteiger charge is 2.17. The van der Waals surface area contributed by atoms with Crippen LogP contribution in [0.2, 0.25) is 0 Å². The maximum absolute atomic E-state index is 12.9. The van der Waals surface area contributed by atoms with E-state index in [4.69, 9.17) is 9.47 Å². The third kappa shape index (κ3) is 8.47. The number of rotatable bonds is 12. The van der Waals surface area contributed by atoms with Gasteiger partial charge in [0.15, 0.2) is 0 Å². The normalized spacial score (nSPS) is 10.5. The highest BCUT2D eigenvalue weighted by atomic mass is 16.5. The molecule has 0 bridgehead atoms. The SMILES string of the molecule is COc1ccc(CCNC(=O)C(=C/C=C\c2ccccc2)C(=O)NCCc2ccc(OC)cc2)cc1. The Morgan fingerprint density at radius 3 is 1.61 bits per heavy atom. The van der Waals surface area contributed by atoms with E-state index in [1.807, 2.05) is 84.9 Å². The van der Waals surface area contributed by atoms with Gasteiger partial charge in [-0.15, -0.1) is 0 Å². The number of hydrogen-bond acceptors (Lipinski definition) is 4. The molecule has 6 heteroatoms. The Morgan fingerprint density at radius 2 is 1.17 bits per heavy atom. The summed E-state index contributed by atoms with van der Waals surface area (Å²) in [5.74, 6) is 0.736. The fourth-order valence-electron chi connectivity index (χ4n) is 3.49. The lowest BCUT2D eigenvalue weighted by atomic mass is 10.1. The van der Waals surface area contributed by atoms with Gasteiger partial charge in [-0.3, -0.25) is 9.59 Å². The summed E-state index contributed by atoms with van der Waals surface area (Å²) in [5.41, 5.74) is 3.17. The third-order valence-corrected chi connectivity index (χ3v) is 5.56. The number of carbonyl (C=O) groups is 2. The molecule has 0 aliphatic heterocycles. The first-order chi connectivity index (χ1) is 17.6. The summed E-state index contributed by atoms with van der Waals surface area (Å²) < 4.78 is 10.4. The first kappa shape index (κ1) is 26.3. The number of hydrogen-bond donors (Lipinski definition) is 2. The van der Waals surface area contributed by atoms with Crippen molar-refractivity contribution in [2.45, 2.75) is 12.8 Å². The molecule has 186 valence electrons. The Kier molecular flexibility index (Phi) is 10.3. The van der Waals surface area contributed by atoms with Gasteiger partial charge < -0.3 is 20.1 Å². The minimum absolute atomic E-state index is 0.0617. The summed E-state index contributed by atoms with van der Waals surface area (Å²) in [7, 11) is 3.24. The van der Waals surface area contributed by atoms with Crippen molar-refractivity contribution in [3.63, 3.8) is 0 Å². The zero-order chi connectivity index (χ0) is 25.6. The zero-order valence-electron chi connectivity index (χ0n) is 20.7. The van der Waals surface area contributed by atoms with E-state index in [9.17, 15) is 9.59 Å². The summed E-state index contributed by atoms with van der Waals surface area (Å²) in [6.45, 7) is 0.814. The van der Waals surface area contributed by atoms with E-state index < -0.39 is 11.8 Å². The molecule has 0 aliphatic rings. The fraction of sp³-hybridized carbons (Fsp3) is 0.200. The van der Waals surface area contributed by atoms with E-state index in [-0.39, 0.29) is 5.57 Å². The topological polar surface area (TPSA) is 76.7 Å². The van der Waals surface area contributed by atoms with Crippen molar-refractivity contribution in [1.82, 2.24) is 10.6 Å². The average Bonchev–Trinajstić information content (AvgIpc) is 2.92. The van der Waals surface area contributed by atoms with Crippen molar-refractivity contribution >= 4 is 17.9 Å². The molecule has 3 rings (SSSR count). The highest BCUT2D eigenvalue weighted by Crippen LogP contribution is 2.12. The highest BCUT2D eigenvalue weighted by molar-refractivity contribution is 6.18. The maximum Gasteiger partial charge on any atom is 0.256 e. The fourth-order valence-corrected chi connectivity index (χ4v) is 3.49. The average molecular weight is 485 g/mol. The molecule has 0 saturated carbocycles. The molecule has 0 atom stereocenters. The van der Waals surface area contributed by atoms with Crippen molar-refractivity contribution in [3.05, 3.63) is 113 Å². The lowest BCUT2D eigenvalue weighted by Gasteiger charge is -2.10. The van der Waals surface area contributed by atoms with E-state index in [2.05, 4.69) is 10.6 Å². The van der Waals surface area contributed by atoms with Crippen LogP contribution in [-0.2, 0) is 22.4 Å². The quantitative estimate of drug-likeness (QED) is 0.173. The first-order valence-corrected chi connectivity index (χ1v) is 11.8. The van der Waals surface area contributed by atoms with Crippen LogP contribution in [-0.4, -0.2) is 39.1 Å². The van der Waals surface area contributed by atoms with Crippen molar-refractivity contribution in [2.75, 3.05) is 27.3 Å². The van der Waals surface area contributed by atoms with Gasteiger partial charge in [0, 0.05) is 13.1 Å². The van der Waals surface area contributed by atoms with Gasteiger partial charge in [0.05, 0.1) is 14.2 Å². The number of carbonyl (C=O) groups excluding carboxylic acids is 2. The molecule has 0 saturated heterocycles. The van der Waals surface area contributed by atoms with Gasteiger partial charge >= 0.3 is 0 Å². The van der Waals surface area contributed by atoms with Crippen molar-refractivity contribution in [1.29, 1.82) is 0 Å². The summed E-state index contributed by atoms with van der Waals surface area (Å²) in [6, 6.07) is 25.1. The lowest BCUT2D eigenvalue weighted by Crippen LogP contribution is -2.36. The molecule has 3 aromatic rings. The molecular formula is C30H32N2O4. The smallest absolute Gasteiger partial charge is 0.256 e. The number of ether oxygens (including phenoxy) is 2. The van der Waals surface area contributed by atoms with Crippen molar-refractivity contribution in [2.24, 2.45) is 0 Å². The molecule has 0 fully saturated rings. The summed E-state index contributed by atoms with van der Waals surface area (Å²) >= 11 is 0. The second kappa shape index (κ2) is 14.2. The van der Waals surface area contributed by atoms with Crippen LogP contribution < -0.4 is 20.1 Å². The second-order valence-corrected chi connectivity index (χ2v) is 8.06. The minimum atomic E-state index is -0.414. The predicted octanol–water partition coefficient (Wildman–Crippen LogP) is 4.36. The van der Waals surface area contributed by atoms with Gasteiger partial charge in [-0.1, -0.05) is 66.7 Å². The van der Waals surface area contributed by atoms with E-state index >= 15 is 0 Å². The molecule has 3 aromatic carbocycles. The number of methoxy groups -OCH3 is 2. The Labute approximate surface area is 212 Å². The molecule has 2 N–H and O–H groups in total. The third-order valence-electron chi connectivity index (χ3n) is 5.56. The van der Waals surface area contributed by atoms with Crippen molar-refractivity contribution < 1.29 is 19.1 Å². The molecular weight excluding hydrogens is 452 g/mol. The number of nitrogens with one attached hydrogen (secondary N) is 2. The van der Waals surface area contributed by atoms with Crippen LogP contribution in [0.3, 0.4) is 0 Å². The number of allylic oxidation sites excluding steroid dienone is 2. The summed E-state index contributed by atoms with van der Waals surface area (Å²) in [6.07, 6.45) is 6.41. The molecule has 2 amide bonds. The van der Waals surface area contributed by atoms with Crippen LogP contribution in [0.15, 0.2) is 96.6 Å².